The summed E-state index contributed by atoms with van der Waals surface area (Å²) in [5.74, 6) is -0.0959. The summed E-state index contributed by atoms with van der Waals surface area (Å²) in [5.41, 5.74) is -0.983. The largest absolute Gasteiger partial charge is 0.416 e. The second-order valence-corrected chi connectivity index (χ2v) is 5.42. The molecule has 0 aliphatic carbocycles. The van der Waals surface area contributed by atoms with Gasteiger partial charge in [-0.05, 0) is 44.1 Å². The van der Waals surface area contributed by atoms with Gasteiger partial charge in [0, 0.05) is 5.69 Å². The molecule has 0 saturated carbocycles. The number of rotatable bonds is 1. The standard InChI is InChI=1S/C14H16F3N3O/c15-14(16,17)10-2-1-3-11(8-10)20-9-19-12(21)13(20)4-6-18-7-5-13/h1-3,8,18H,4-7,9H2,(H,19,21). The quantitative estimate of drug-likeness (QED) is 0.830. The molecule has 2 fully saturated rings. The van der Waals surface area contributed by atoms with E-state index in [1.54, 1.807) is 11.0 Å². The molecule has 2 saturated heterocycles. The van der Waals surface area contributed by atoms with Crippen LogP contribution in [0, 0.1) is 0 Å². The number of nitrogens with one attached hydrogen (secondary N) is 2. The maximum Gasteiger partial charge on any atom is 0.416 e. The minimum absolute atomic E-state index is 0.0959. The van der Waals surface area contributed by atoms with Crippen molar-refractivity contribution in [2.45, 2.75) is 24.6 Å². The van der Waals surface area contributed by atoms with Crippen LogP contribution in [-0.4, -0.2) is 31.2 Å². The van der Waals surface area contributed by atoms with Gasteiger partial charge in [0.2, 0.25) is 5.91 Å². The van der Waals surface area contributed by atoms with Crippen molar-refractivity contribution in [1.82, 2.24) is 10.6 Å². The van der Waals surface area contributed by atoms with Gasteiger partial charge < -0.3 is 15.5 Å². The Balaban J connectivity index is 1.97. The monoisotopic (exact) mass is 299 g/mol. The molecule has 2 aliphatic rings. The van der Waals surface area contributed by atoms with Gasteiger partial charge in [0.25, 0.3) is 0 Å². The lowest BCUT2D eigenvalue weighted by atomic mass is 9.86. The molecular weight excluding hydrogens is 283 g/mol. The zero-order valence-corrected chi connectivity index (χ0v) is 11.3. The molecule has 0 aromatic heterocycles. The number of nitrogens with zero attached hydrogens (tertiary/aromatic N) is 1. The van der Waals surface area contributed by atoms with Gasteiger partial charge in [-0.3, -0.25) is 4.79 Å². The fourth-order valence-corrected chi connectivity index (χ4v) is 3.12. The molecule has 2 N–H and O–H groups in total. The van der Waals surface area contributed by atoms with E-state index in [1.807, 2.05) is 0 Å². The van der Waals surface area contributed by atoms with E-state index in [1.165, 1.54) is 6.07 Å². The van der Waals surface area contributed by atoms with E-state index in [0.717, 1.165) is 12.1 Å². The Morgan fingerprint density at radius 2 is 1.90 bits per heavy atom. The van der Waals surface area contributed by atoms with E-state index in [4.69, 9.17) is 0 Å². The molecule has 21 heavy (non-hydrogen) atoms. The predicted molar refractivity (Wildman–Crippen MR) is 71.8 cm³/mol. The molecule has 0 bridgehead atoms. The summed E-state index contributed by atoms with van der Waals surface area (Å²) in [6.07, 6.45) is -3.20. The molecule has 1 amide bonds. The molecule has 4 nitrogen and oxygen atoms in total. The SMILES string of the molecule is O=C1NCN(c2cccc(C(F)(F)F)c2)C12CCNCC2. The second kappa shape index (κ2) is 4.91. The van der Waals surface area contributed by atoms with E-state index in [-0.39, 0.29) is 12.6 Å². The first-order valence-corrected chi connectivity index (χ1v) is 6.87. The number of amides is 1. The van der Waals surface area contributed by atoms with Gasteiger partial charge in [-0.15, -0.1) is 0 Å². The predicted octanol–water partition coefficient (Wildman–Crippen LogP) is 1.72. The van der Waals surface area contributed by atoms with Crippen molar-refractivity contribution < 1.29 is 18.0 Å². The van der Waals surface area contributed by atoms with Crippen LogP contribution in [0.5, 0.6) is 0 Å². The van der Waals surface area contributed by atoms with Gasteiger partial charge in [0.15, 0.2) is 0 Å². The number of hydrogen-bond donors (Lipinski definition) is 2. The van der Waals surface area contributed by atoms with Crippen molar-refractivity contribution in [3.05, 3.63) is 29.8 Å². The van der Waals surface area contributed by atoms with Crippen LogP contribution in [-0.2, 0) is 11.0 Å². The molecule has 114 valence electrons. The normalized spacial score (nSPS) is 21.7. The molecule has 1 spiro atoms. The number of alkyl halides is 3. The van der Waals surface area contributed by atoms with Gasteiger partial charge >= 0.3 is 6.18 Å². The Morgan fingerprint density at radius 1 is 1.19 bits per heavy atom. The van der Waals surface area contributed by atoms with Crippen molar-refractivity contribution in [1.29, 1.82) is 0 Å². The molecule has 7 heteroatoms. The van der Waals surface area contributed by atoms with E-state index in [0.29, 0.717) is 31.6 Å². The summed E-state index contributed by atoms with van der Waals surface area (Å²) < 4.78 is 38.6. The molecule has 2 heterocycles. The average molecular weight is 299 g/mol. The Kier molecular flexibility index (Phi) is 3.32. The van der Waals surface area contributed by atoms with Crippen LogP contribution < -0.4 is 15.5 Å². The zero-order chi connectivity index (χ0) is 15.1. The Bertz CT molecular complexity index is 553. The fraction of sp³-hybridized carbons (Fsp3) is 0.500. The fourth-order valence-electron chi connectivity index (χ4n) is 3.12. The van der Waals surface area contributed by atoms with E-state index < -0.39 is 17.3 Å². The highest BCUT2D eigenvalue weighted by Crippen LogP contribution is 2.37. The van der Waals surface area contributed by atoms with Gasteiger partial charge in [0.1, 0.15) is 5.54 Å². The van der Waals surface area contributed by atoms with Crippen LogP contribution in [0.15, 0.2) is 24.3 Å². The lowest BCUT2D eigenvalue weighted by Gasteiger charge is -2.40. The third-order valence-electron chi connectivity index (χ3n) is 4.25. The Labute approximate surface area is 120 Å². The van der Waals surface area contributed by atoms with E-state index in [2.05, 4.69) is 10.6 Å². The van der Waals surface area contributed by atoms with Gasteiger partial charge in [-0.2, -0.15) is 13.2 Å². The van der Waals surface area contributed by atoms with Crippen LogP contribution in [0.1, 0.15) is 18.4 Å². The zero-order valence-electron chi connectivity index (χ0n) is 11.3. The van der Waals surface area contributed by atoms with Gasteiger partial charge in [-0.25, -0.2) is 0 Å². The number of benzene rings is 1. The Morgan fingerprint density at radius 3 is 2.57 bits per heavy atom. The van der Waals surface area contributed by atoms with Crippen LogP contribution in [0.4, 0.5) is 18.9 Å². The second-order valence-electron chi connectivity index (χ2n) is 5.42. The smallest absolute Gasteiger partial charge is 0.339 e. The number of halogens is 3. The lowest BCUT2D eigenvalue weighted by Crippen LogP contribution is -2.55. The molecular formula is C14H16F3N3O. The number of hydrogen-bond acceptors (Lipinski definition) is 3. The minimum Gasteiger partial charge on any atom is -0.339 e. The van der Waals surface area contributed by atoms with Crippen molar-refractivity contribution in [3.8, 4) is 0 Å². The summed E-state index contributed by atoms with van der Waals surface area (Å²) in [7, 11) is 0. The molecule has 1 aromatic rings. The van der Waals surface area contributed by atoms with Crippen LogP contribution in [0.25, 0.3) is 0 Å². The van der Waals surface area contributed by atoms with E-state index in [9.17, 15) is 18.0 Å². The van der Waals surface area contributed by atoms with Crippen molar-refractivity contribution in [2.24, 2.45) is 0 Å². The third kappa shape index (κ3) is 2.35. The van der Waals surface area contributed by atoms with Crippen molar-refractivity contribution >= 4 is 11.6 Å². The molecule has 0 atom stereocenters. The average Bonchev–Trinajstić information content (AvgIpc) is 2.76. The first-order valence-electron chi connectivity index (χ1n) is 6.87. The van der Waals surface area contributed by atoms with Gasteiger partial charge in [0.05, 0.1) is 12.2 Å². The maximum atomic E-state index is 12.9. The minimum atomic E-state index is -4.38. The highest BCUT2D eigenvalue weighted by Gasteiger charge is 2.49. The number of anilines is 1. The number of piperidine rings is 1. The Hall–Kier alpha value is -1.76. The first kappa shape index (κ1) is 14.2. The first-order chi connectivity index (χ1) is 9.93. The molecule has 0 radical (unpaired) electrons. The molecule has 3 rings (SSSR count). The number of carbonyl (C=O) groups is 1. The molecule has 0 unspecified atom stereocenters. The van der Waals surface area contributed by atoms with Crippen LogP contribution in [0.3, 0.4) is 0 Å². The van der Waals surface area contributed by atoms with Crippen LogP contribution in [0.2, 0.25) is 0 Å². The van der Waals surface area contributed by atoms with Crippen molar-refractivity contribution in [2.75, 3.05) is 24.7 Å². The third-order valence-corrected chi connectivity index (χ3v) is 4.25. The maximum absolute atomic E-state index is 12.9. The summed E-state index contributed by atoms with van der Waals surface area (Å²) in [4.78, 5) is 14.0. The van der Waals surface area contributed by atoms with Crippen molar-refractivity contribution in [3.63, 3.8) is 0 Å². The summed E-state index contributed by atoms with van der Waals surface area (Å²) in [5, 5.41) is 5.94. The lowest BCUT2D eigenvalue weighted by molar-refractivity contribution is -0.137. The highest BCUT2D eigenvalue weighted by atomic mass is 19.4. The number of carbonyl (C=O) groups excluding carboxylic acids is 1. The topological polar surface area (TPSA) is 44.4 Å². The summed E-state index contributed by atoms with van der Waals surface area (Å²) in [6, 6.07) is 5.17. The van der Waals surface area contributed by atoms with Crippen LogP contribution >= 0.6 is 0 Å². The molecule has 2 aliphatic heterocycles. The molecule has 1 aromatic carbocycles. The summed E-state index contributed by atoms with van der Waals surface area (Å²) in [6.45, 7) is 1.62. The highest BCUT2D eigenvalue weighted by molar-refractivity contribution is 5.93. The van der Waals surface area contributed by atoms with Gasteiger partial charge in [-0.1, -0.05) is 6.07 Å². The summed E-state index contributed by atoms with van der Waals surface area (Å²) >= 11 is 0. The van der Waals surface area contributed by atoms with E-state index >= 15 is 0 Å².